The number of hydrogen-bond donors (Lipinski definition) is 2. The van der Waals surface area contributed by atoms with E-state index in [2.05, 4.69) is 11.4 Å². The second-order valence-electron chi connectivity index (χ2n) is 6.55. The van der Waals surface area contributed by atoms with Crippen LogP contribution in [-0.2, 0) is 6.42 Å². The molecule has 2 aliphatic rings. The molecule has 0 radical (unpaired) electrons. The van der Waals surface area contributed by atoms with Gasteiger partial charge in [-0.15, -0.1) is 0 Å². The molecule has 1 aliphatic heterocycles. The Morgan fingerprint density at radius 2 is 1.88 bits per heavy atom. The summed E-state index contributed by atoms with van der Waals surface area (Å²) in [5.74, 6) is -0.275. The van der Waals surface area contributed by atoms with Gasteiger partial charge in [0.2, 0.25) is 0 Å². The summed E-state index contributed by atoms with van der Waals surface area (Å²) in [5, 5.41) is 3.00. The molecule has 2 aromatic carbocycles. The van der Waals surface area contributed by atoms with E-state index in [0.717, 1.165) is 24.0 Å². The van der Waals surface area contributed by atoms with E-state index in [9.17, 15) is 9.18 Å². The summed E-state index contributed by atoms with van der Waals surface area (Å²) in [6, 6.07) is 14.4. The number of nitrogens with zero attached hydrogens (tertiary/aromatic N) is 1. The van der Waals surface area contributed by atoms with Gasteiger partial charge in [0.1, 0.15) is 5.82 Å². The molecular formula is C19H20FN3O. The molecule has 0 bridgehead atoms. The van der Waals surface area contributed by atoms with Crippen molar-refractivity contribution in [2.45, 2.75) is 31.0 Å². The Balaban J connectivity index is 1.69. The quantitative estimate of drug-likeness (QED) is 0.891. The topological polar surface area (TPSA) is 58.4 Å². The van der Waals surface area contributed by atoms with Crippen molar-refractivity contribution in [1.82, 2.24) is 10.2 Å². The molecule has 2 aromatic rings. The molecule has 3 atom stereocenters. The van der Waals surface area contributed by atoms with Crippen LogP contribution in [0.5, 0.6) is 0 Å². The Bertz CT molecular complexity index is 761. The highest BCUT2D eigenvalue weighted by molar-refractivity contribution is 5.77. The number of rotatable bonds is 2. The second-order valence-corrected chi connectivity index (χ2v) is 6.55. The Labute approximate surface area is 140 Å². The number of amides is 2. The minimum atomic E-state index is -0.275. The van der Waals surface area contributed by atoms with Crippen LogP contribution in [0.15, 0.2) is 48.5 Å². The molecule has 2 amide bonds. The first kappa shape index (κ1) is 15.1. The van der Waals surface area contributed by atoms with E-state index >= 15 is 0 Å². The number of carbonyl (C=O) groups excluding carboxylic acids is 1. The van der Waals surface area contributed by atoms with Crippen LogP contribution < -0.4 is 11.1 Å². The third kappa shape index (κ3) is 2.76. The SMILES string of the molecule is N[C@H]1C[C@@H]1NC(=O)N1CCc2ccccc2[C@@H]1c1ccc(F)cc1. The van der Waals surface area contributed by atoms with E-state index in [0.29, 0.717) is 6.54 Å². The Kier molecular flexibility index (Phi) is 3.73. The van der Waals surface area contributed by atoms with Crippen LogP contribution in [0.2, 0.25) is 0 Å². The highest BCUT2D eigenvalue weighted by Gasteiger charge is 2.38. The van der Waals surface area contributed by atoms with Crippen LogP contribution in [0.4, 0.5) is 9.18 Å². The van der Waals surface area contributed by atoms with E-state index in [-0.39, 0.29) is 30.0 Å². The van der Waals surface area contributed by atoms with Gasteiger partial charge in [-0.2, -0.15) is 0 Å². The fraction of sp³-hybridized carbons (Fsp3) is 0.316. The molecule has 0 saturated heterocycles. The predicted octanol–water partition coefficient (Wildman–Crippen LogP) is 2.58. The molecule has 5 heteroatoms. The van der Waals surface area contributed by atoms with Crippen molar-refractivity contribution in [3.8, 4) is 0 Å². The molecule has 0 unspecified atom stereocenters. The first-order valence-electron chi connectivity index (χ1n) is 8.29. The van der Waals surface area contributed by atoms with Gasteiger partial charge in [0, 0.05) is 18.6 Å². The van der Waals surface area contributed by atoms with Gasteiger partial charge >= 0.3 is 6.03 Å². The zero-order valence-electron chi connectivity index (χ0n) is 13.3. The molecule has 24 heavy (non-hydrogen) atoms. The van der Waals surface area contributed by atoms with E-state index in [1.807, 2.05) is 23.1 Å². The minimum absolute atomic E-state index is 0.0651. The molecule has 4 rings (SSSR count). The van der Waals surface area contributed by atoms with E-state index in [1.165, 1.54) is 17.7 Å². The predicted molar refractivity (Wildman–Crippen MR) is 90.0 cm³/mol. The zero-order valence-corrected chi connectivity index (χ0v) is 13.3. The van der Waals surface area contributed by atoms with Crippen molar-refractivity contribution in [3.05, 3.63) is 71.0 Å². The maximum absolute atomic E-state index is 13.3. The van der Waals surface area contributed by atoms with Gasteiger partial charge in [-0.1, -0.05) is 36.4 Å². The van der Waals surface area contributed by atoms with Gasteiger partial charge in [-0.25, -0.2) is 9.18 Å². The summed E-state index contributed by atoms with van der Waals surface area (Å²) in [6.07, 6.45) is 1.65. The third-order valence-electron chi connectivity index (χ3n) is 4.88. The molecule has 3 N–H and O–H groups in total. The van der Waals surface area contributed by atoms with Gasteiger partial charge in [0.15, 0.2) is 0 Å². The van der Waals surface area contributed by atoms with Crippen LogP contribution in [0.25, 0.3) is 0 Å². The lowest BCUT2D eigenvalue weighted by Gasteiger charge is -2.37. The standard InChI is InChI=1S/C19H20FN3O/c20-14-7-5-13(6-8-14)18-15-4-2-1-3-12(15)9-10-23(18)19(24)22-17-11-16(17)21/h1-8,16-18H,9-11,21H2,(H,22,24)/t16-,17-,18-/m0/s1. The summed E-state index contributed by atoms with van der Waals surface area (Å²) in [4.78, 5) is 14.6. The number of fused-ring (bicyclic) bond motifs is 1. The van der Waals surface area contributed by atoms with Gasteiger partial charge in [-0.3, -0.25) is 0 Å². The molecule has 1 saturated carbocycles. The third-order valence-corrected chi connectivity index (χ3v) is 4.88. The highest BCUT2D eigenvalue weighted by Crippen LogP contribution is 2.35. The molecule has 0 aromatic heterocycles. The number of hydrogen-bond acceptors (Lipinski definition) is 2. The summed E-state index contributed by atoms with van der Waals surface area (Å²) in [6.45, 7) is 0.632. The molecule has 1 aliphatic carbocycles. The number of benzene rings is 2. The normalized spacial score (nSPS) is 25.1. The van der Waals surface area contributed by atoms with Crippen molar-refractivity contribution in [2.75, 3.05) is 6.54 Å². The van der Waals surface area contributed by atoms with Crippen LogP contribution in [0, 0.1) is 5.82 Å². The molecule has 124 valence electrons. The summed E-state index contributed by atoms with van der Waals surface area (Å²) in [7, 11) is 0. The molecule has 1 heterocycles. The smallest absolute Gasteiger partial charge is 0.318 e. The fourth-order valence-electron chi connectivity index (χ4n) is 3.41. The average Bonchev–Trinajstić information content (AvgIpc) is 3.29. The largest absolute Gasteiger partial charge is 0.334 e. The van der Waals surface area contributed by atoms with Crippen LogP contribution in [0.3, 0.4) is 0 Å². The van der Waals surface area contributed by atoms with Crippen LogP contribution in [0.1, 0.15) is 29.2 Å². The van der Waals surface area contributed by atoms with Gasteiger partial charge in [0.05, 0.1) is 6.04 Å². The van der Waals surface area contributed by atoms with Crippen LogP contribution in [-0.4, -0.2) is 29.6 Å². The lowest BCUT2D eigenvalue weighted by atomic mass is 9.88. The van der Waals surface area contributed by atoms with Gasteiger partial charge in [0.25, 0.3) is 0 Å². The Morgan fingerprint density at radius 3 is 2.58 bits per heavy atom. The monoisotopic (exact) mass is 325 g/mol. The van der Waals surface area contributed by atoms with E-state index in [1.54, 1.807) is 12.1 Å². The molecule has 4 nitrogen and oxygen atoms in total. The molecule has 0 spiro atoms. The maximum atomic E-state index is 13.3. The van der Waals surface area contributed by atoms with Crippen molar-refractivity contribution < 1.29 is 9.18 Å². The zero-order chi connectivity index (χ0) is 16.7. The molecular weight excluding hydrogens is 305 g/mol. The minimum Gasteiger partial charge on any atom is -0.334 e. The van der Waals surface area contributed by atoms with Crippen LogP contribution >= 0.6 is 0 Å². The number of urea groups is 1. The van der Waals surface area contributed by atoms with E-state index in [4.69, 9.17) is 5.73 Å². The molecule has 1 fully saturated rings. The number of carbonyl (C=O) groups is 1. The van der Waals surface area contributed by atoms with Crippen molar-refractivity contribution in [3.63, 3.8) is 0 Å². The number of nitrogens with one attached hydrogen (secondary N) is 1. The summed E-state index contributed by atoms with van der Waals surface area (Å²) in [5.41, 5.74) is 9.06. The highest BCUT2D eigenvalue weighted by atomic mass is 19.1. The Hall–Kier alpha value is -2.40. The first-order valence-corrected chi connectivity index (χ1v) is 8.29. The Morgan fingerprint density at radius 1 is 1.17 bits per heavy atom. The fourth-order valence-corrected chi connectivity index (χ4v) is 3.41. The number of nitrogens with two attached hydrogens (primary N) is 1. The summed E-state index contributed by atoms with van der Waals surface area (Å²) < 4.78 is 13.3. The lowest BCUT2D eigenvalue weighted by Crippen LogP contribution is -2.47. The van der Waals surface area contributed by atoms with Crippen molar-refractivity contribution >= 4 is 6.03 Å². The van der Waals surface area contributed by atoms with E-state index < -0.39 is 0 Å². The van der Waals surface area contributed by atoms with Gasteiger partial charge < -0.3 is 16.0 Å². The summed E-state index contributed by atoms with van der Waals surface area (Å²) >= 11 is 0. The average molecular weight is 325 g/mol. The van der Waals surface area contributed by atoms with Crippen molar-refractivity contribution in [1.29, 1.82) is 0 Å². The number of halogens is 1. The lowest BCUT2D eigenvalue weighted by molar-refractivity contribution is 0.179. The maximum Gasteiger partial charge on any atom is 0.318 e. The van der Waals surface area contributed by atoms with Crippen molar-refractivity contribution in [2.24, 2.45) is 5.73 Å². The first-order chi connectivity index (χ1) is 11.6. The second kappa shape index (κ2) is 5.91. The van der Waals surface area contributed by atoms with Gasteiger partial charge in [-0.05, 0) is 41.7 Å².